The number of aldehydes is 1. The van der Waals surface area contributed by atoms with E-state index in [9.17, 15) is 4.79 Å². The fraction of sp³-hybridized carbons (Fsp3) is 0.280. The lowest BCUT2D eigenvalue weighted by Crippen LogP contribution is -2.26. The number of nitrogen functional groups attached to an aromatic ring is 2. The second-order valence-electron chi connectivity index (χ2n) is 8.26. The first-order chi connectivity index (χ1) is 15.3. The second-order valence-corrected chi connectivity index (χ2v) is 8.26. The first kappa shape index (κ1) is 22.8. The number of fused-ring (bicyclic) bond motifs is 1. The Morgan fingerprint density at radius 3 is 2.75 bits per heavy atom. The van der Waals surface area contributed by atoms with Gasteiger partial charge in [-0.25, -0.2) is 4.98 Å². The Labute approximate surface area is 188 Å². The van der Waals surface area contributed by atoms with Gasteiger partial charge in [-0.15, -0.1) is 12.3 Å². The zero-order valence-corrected chi connectivity index (χ0v) is 18.4. The Morgan fingerprint density at radius 2 is 2.09 bits per heavy atom. The number of dihydropyridines is 1. The molecule has 0 aliphatic carbocycles. The highest BCUT2D eigenvalue weighted by Gasteiger charge is 2.37. The molecule has 2 atom stereocenters. The highest BCUT2D eigenvalue weighted by molar-refractivity contribution is 5.94. The van der Waals surface area contributed by atoms with E-state index in [0.29, 0.717) is 41.5 Å². The molecule has 1 aromatic carbocycles. The van der Waals surface area contributed by atoms with Crippen LogP contribution in [-0.2, 0) is 5.41 Å². The van der Waals surface area contributed by atoms with E-state index in [1.807, 2.05) is 18.3 Å². The number of carbonyl (C=O) groups is 1. The largest absolute Gasteiger partial charge is 0.398 e. The Bertz CT molecular complexity index is 1110. The van der Waals surface area contributed by atoms with Crippen LogP contribution >= 0.6 is 0 Å². The van der Waals surface area contributed by atoms with Gasteiger partial charge in [-0.2, -0.15) is 0 Å². The molecule has 2 aliphatic heterocycles. The number of benzene rings is 1. The van der Waals surface area contributed by atoms with Crippen molar-refractivity contribution in [3.63, 3.8) is 0 Å². The molecule has 164 valence electrons. The number of nitrogens with two attached hydrogens (primary N) is 2. The summed E-state index contributed by atoms with van der Waals surface area (Å²) < 4.78 is 0. The summed E-state index contributed by atoms with van der Waals surface area (Å²) >= 11 is 0. The van der Waals surface area contributed by atoms with Gasteiger partial charge in [-0.1, -0.05) is 13.0 Å². The van der Waals surface area contributed by atoms with Gasteiger partial charge in [0.2, 0.25) is 0 Å². The Balaban J connectivity index is 0.000000243. The molecule has 3 heterocycles. The Morgan fingerprint density at radius 1 is 1.34 bits per heavy atom. The van der Waals surface area contributed by atoms with Gasteiger partial charge in [-0.3, -0.25) is 9.79 Å². The number of rotatable bonds is 4. The van der Waals surface area contributed by atoms with Gasteiger partial charge in [-0.05, 0) is 47.7 Å². The quantitative estimate of drug-likeness (QED) is 0.256. The number of aromatic nitrogens is 1. The second kappa shape index (κ2) is 9.48. The Hall–Kier alpha value is -3.92. The number of aliphatic imine (C=N–C) groups is 1. The van der Waals surface area contributed by atoms with Crippen molar-refractivity contribution in [1.82, 2.24) is 4.98 Å². The molecule has 32 heavy (non-hydrogen) atoms. The first-order valence-electron chi connectivity index (χ1n) is 10.4. The van der Waals surface area contributed by atoms with Gasteiger partial charge < -0.3 is 22.2 Å². The van der Waals surface area contributed by atoms with E-state index >= 15 is 0 Å². The molecular weight excluding hydrogens is 400 g/mol. The number of nitrogens with zero attached hydrogens (tertiary/aromatic N) is 2. The predicted molar refractivity (Wildman–Crippen MR) is 132 cm³/mol. The van der Waals surface area contributed by atoms with Crippen LogP contribution < -0.4 is 16.8 Å². The van der Waals surface area contributed by atoms with Crippen molar-refractivity contribution in [2.75, 3.05) is 29.9 Å². The highest BCUT2D eigenvalue weighted by atomic mass is 16.1. The average Bonchev–Trinajstić information content (AvgIpc) is 3.12. The highest BCUT2D eigenvalue weighted by Crippen LogP contribution is 2.42. The topological polar surface area (TPSA) is 130 Å². The van der Waals surface area contributed by atoms with Crippen molar-refractivity contribution < 1.29 is 4.79 Å². The predicted octanol–water partition coefficient (Wildman–Crippen LogP) is 3.44. The van der Waals surface area contributed by atoms with E-state index in [1.165, 1.54) is 11.8 Å². The lowest BCUT2D eigenvalue weighted by molar-refractivity contribution is 0.112. The number of carbonyl (C=O) groups excluding carboxylic acids is 1. The third-order valence-electron chi connectivity index (χ3n) is 5.77. The van der Waals surface area contributed by atoms with E-state index in [4.69, 9.17) is 23.3 Å². The molecule has 7 heteroatoms. The molecule has 1 aromatic heterocycles. The van der Waals surface area contributed by atoms with Crippen molar-refractivity contribution >= 4 is 35.9 Å². The number of allylic oxidation sites excluding steroid dienone is 1. The molecule has 7 nitrogen and oxygen atoms in total. The zero-order valence-electron chi connectivity index (χ0n) is 18.4. The summed E-state index contributed by atoms with van der Waals surface area (Å²) in [5, 5.41) is 10.8. The summed E-state index contributed by atoms with van der Waals surface area (Å²) in [6.45, 7) is 5.79. The van der Waals surface area contributed by atoms with Crippen LogP contribution in [0.3, 0.4) is 0 Å². The number of anilines is 3. The maximum atomic E-state index is 11.3. The fourth-order valence-corrected chi connectivity index (χ4v) is 3.95. The van der Waals surface area contributed by atoms with E-state index in [0.717, 1.165) is 29.6 Å². The van der Waals surface area contributed by atoms with Crippen LogP contribution in [0.15, 0.2) is 41.0 Å². The summed E-state index contributed by atoms with van der Waals surface area (Å²) in [6.07, 6.45) is 13.5. The number of hydrogen-bond acceptors (Lipinski definition) is 7. The van der Waals surface area contributed by atoms with Gasteiger partial charge in [0.15, 0.2) is 6.29 Å². The molecule has 0 amide bonds. The number of hydrogen-bond donors (Lipinski definition) is 4. The van der Waals surface area contributed by atoms with Crippen LogP contribution in [0.25, 0.3) is 0 Å². The summed E-state index contributed by atoms with van der Waals surface area (Å²) in [6, 6.07) is 5.47. The van der Waals surface area contributed by atoms with Crippen LogP contribution in [0.5, 0.6) is 0 Å². The number of pyridine rings is 1. The minimum Gasteiger partial charge on any atom is -0.398 e. The molecule has 0 radical (unpaired) electrons. The number of nitrogens with one attached hydrogen (secondary N) is 2. The smallest absolute Gasteiger partial charge is 0.152 e. The van der Waals surface area contributed by atoms with Crippen LogP contribution in [-0.4, -0.2) is 36.8 Å². The number of terminal acetylenes is 1. The zero-order chi connectivity index (χ0) is 23.3. The van der Waals surface area contributed by atoms with E-state index in [1.54, 1.807) is 12.3 Å². The van der Waals surface area contributed by atoms with Crippen molar-refractivity contribution in [3.05, 3.63) is 58.3 Å². The average molecular weight is 429 g/mol. The van der Waals surface area contributed by atoms with Crippen molar-refractivity contribution in [2.24, 2.45) is 10.9 Å². The van der Waals surface area contributed by atoms with Crippen LogP contribution in [0, 0.1) is 23.7 Å². The molecule has 0 saturated carbocycles. The molecule has 4 rings (SSSR count). The minimum atomic E-state index is -0.365. The van der Waals surface area contributed by atoms with Gasteiger partial charge in [0.1, 0.15) is 5.82 Å². The molecule has 2 aliphatic rings. The minimum absolute atomic E-state index is 0.331. The molecule has 2 aromatic rings. The van der Waals surface area contributed by atoms with E-state index < -0.39 is 0 Å². The standard InChI is InChI=1S/C16H17N5O.C9H11N/c1-16(8-21-13-6-20-14(18)4-12(13)16)11-2-9(5-17)15(19)10(3-11)7-22;1-3-4-9-5-8(2)6-10-7-9/h2-7,17,21H,8,19H2,1H3,(H2,18,20);1,5,7-8H,4,6H2,2H3. The van der Waals surface area contributed by atoms with Gasteiger partial charge in [0.25, 0.3) is 0 Å². The molecule has 0 bridgehead atoms. The Kier molecular flexibility index (Phi) is 6.74. The molecule has 0 fully saturated rings. The normalized spacial score (nSPS) is 20.7. The summed E-state index contributed by atoms with van der Waals surface area (Å²) in [5.41, 5.74) is 16.7. The van der Waals surface area contributed by atoms with Gasteiger partial charge in [0.05, 0.1) is 17.6 Å². The van der Waals surface area contributed by atoms with Gasteiger partial charge >= 0.3 is 0 Å². The fourth-order valence-electron chi connectivity index (χ4n) is 3.95. The first-order valence-corrected chi connectivity index (χ1v) is 10.4. The molecular formula is C25H28N6O. The van der Waals surface area contributed by atoms with Crippen molar-refractivity contribution in [1.29, 1.82) is 5.41 Å². The van der Waals surface area contributed by atoms with Crippen molar-refractivity contribution in [3.8, 4) is 12.3 Å². The molecule has 0 spiro atoms. The molecule has 6 N–H and O–H groups in total. The van der Waals surface area contributed by atoms with Crippen LogP contribution in [0.4, 0.5) is 17.2 Å². The monoisotopic (exact) mass is 428 g/mol. The van der Waals surface area contributed by atoms with Crippen molar-refractivity contribution in [2.45, 2.75) is 25.7 Å². The third kappa shape index (κ3) is 4.54. The third-order valence-corrected chi connectivity index (χ3v) is 5.77. The maximum Gasteiger partial charge on any atom is 0.152 e. The van der Waals surface area contributed by atoms with E-state index in [2.05, 4.69) is 41.1 Å². The summed E-state index contributed by atoms with van der Waals surface area (Å²) in [5.74, 6) is 3.61. The molecule has 0 saturated heterocycles. The lowest BCUT2D eigenvalue weighted by Gasteiger charge is -2.26. The van der Waals surface area contributed by atoms with Gasteiger partial charge in [0, 0.05) is 48.5 Å². The molecule has 2 unspecified atom stereocenters. The van der Waals surface area contributed by atoms with Crippen LogP contribution in [0.1, 0.15) is 47.3 Å². The lowest BCUT2D eigenvalue weighted by atomic mass is 9.77. The van der Waals surface area contributed by atoms with Crippen LogP contribution in [0.2, 0.25) is 0 Å². The SMILES string of the molecule is C#CCC1=CC(C)CN=C1.CC1(c2cc(C=N)c(N)c(C=O)c2)CNc2cnc(N)cc21. The maximum absolute atomic E-state index is 11.3. The summed E-state index contributed by atoms with van der Waals surface area (Å²) in [4.78, 5) is 19.5. The summed E-state index contributed by atoms with van der Waals surface area (Å²) in [7, 11) is 0. The van der Waals surface area contributed by atoms with E-state index in [-0.39, 0.29) is 5.41 Å².